The van der Waals surface area contributed by atoms with Crippen LogP contribution in [0.2, 0.25) is 0 Å². The van der Waals surface area contributed by atoms with Gasteiger partial charge in [-0.05, 0) is 30.2 Å². The first-order chi connectivity index (χ1) is 8.58. The summed E-state index contributed by atoms with van der Waals surface area (Å²) in [6.45, 7) is 4.60. The van der Waals surface area contributed by atoms with Crippen LogP contribution in [-0.2, 0) is 4.74 Å². The molecule has 1 amide bonds. The maximum Gasteiger partial charge on any atom is 0.251 e. The average Bonchev–Trinajstić information content (AvgIpc) is 2.38. The second-order valence-corrected chi connectivity index (χ2v) is 4.50. The van der Waals surface area contributed by atoms with Crippen LogP contribution in [-0.4, -0.2) is 25.7 Å². The first-order valence-electron chi connectivity index (χ1n) is 5.95. The van der Waals surface area contributed by atoms with E-state index in [-0.39, 0.29) is 11.9 Å². The van der Waals surface area contributed by atoms with Crippen molar-refractivity contribution in [2.75, 3.05) is 19.1 Å². The lowest BCUT2D eigenvalue weighted by Crippen LogP contribution is -2.41. The van der Waals surface area contributed by atoms with Crippen LogP contribution in [0.15, 0.2) is 24.3 Å². The topological polar surface area (TPSA) is 76.4 Å². The number of hydrazine groups is 1. The Labute approximate surface area is 108 Å². The SMILES string of the molecule is COCC(NC(=O)c1ccc(NN)cc1)C(C)C. The van der Waals surface area contributed by atoms with Crippen molar-refractivity contribution in [1.82, 2.24) is 5.32 Å². The number of amides is 1. The van der Waals surface area contributed by atoms with Crippen molar-refractivity contribution in [3.05, 3.63) is 29.8 Å². The lowest BCUT2D eigenvalue weighted by Gasteiger charge is -2.21. The number of methoxy groups -OCH3 is 1. The van der Waals surface area contributed by atoms with E-state index in [9.17, 15) is 4.79 Å². The highest BCUT2D eigenvalue weighted by atomic mass is 16.5. The van der Waals surface area contributed by atoms with E-state index in [1.54, 1.807) is 31.4 Å². The molecule has 0 heterocycles. The zero-order valence-electron chi connectivity index (χ0n) is 11.1. The summed E-state index contributed by atoms with van der Waals surface area (Å²) in [6.07, 6.45) is 0. The summed E-state index contributed by atoms with van der Waals surface area (Å²) in [6, 6.07) is 6.99. The van der Waals surface area contributed by atoms with Crippen LogP contribution < -0.4 is 16.6 Å². The predicted octanol–water partition coefficient (Wildman–Crippen LogP) is 1.37. The number of hydrogen-bond acceptors (Lipinski definition) is 4. The first-order valence-corrected chi connectivity index (χ1v) is 5.95. The van der Waals surface area contributed by atoms with Crippen molar-refractivity contribution in [3.8, 4) is 0 Å². The molecule has 0 aliphatic heterocycles. The average molecular weight is 251 g/mol. The van der Waals surface area contributed by atoms with Gasteiger partial charge in [0.15, 0.2) is 0 Å². The van der Waals surface area contributed by atoms with Gasteiger partial charge in [0, 0.05) is 18.4 Å². The highest BCUT2D eigenvalue weighted by Crippen LogP contribution is 2.09. The zero-order chi connectivity index (χ0) is 13.5. The minimum Gasteiger partial charge on any atom is -0.383 e. The van der Waals surface area contributed by atoms with Crippen molar-refractivity contribution < 1.29 is 9.53 Å². The summed E-state index contributed by atoms with van der Waals surface area (Å²) in [5, 5.41) is 2.96. The van der Waals surface area contributed by atoms with Crippen LogP contribution in [0.3, 0.4) is 0 Å². The maximum absolute atomic E-state index is 12.0. The molecule has 100 valence electrons. The van der Waals surface area contributed by atoms with Crippen LogP contribution in [0.5, 0.6) is 0 Å². The van der Waals surface area contributed by atoms with Gasteiger partial charge in [-0.3, -0.25) is 10.6 Å². The number of rotatable bonds is 6. The quantitative estimate of drug-likeness (QED) is 0.527. The predicted molar refractivity (Wildman–Crippen MR) is 72.2 cm³/mol. The summed E-state index contributed by atoms with van der Waals surface area (Å²) in [5.41, 5.74) is 3.90. The fourth-order valence-corrected chi connectivity index (χ4v) is 1.55. The molecule has 4 N–H and O–H groups in total. The summed E-state index contributed by atoms with van der Waals surface area (Å²) >= 11 is 0. The molecule has 5 heteroatoms. The van der Waals surface area contributed by atoms with E-state index in [1.165, 1.54) is 0 Å². The third-order valence-corrected chi connectivity index (χ3v) is 2.78. The lowest BCUT2D eigenvalue weighted by molar-refractivity contribution is 0.0866. The fraction of sp³-hybridized carbons (Fsp3) is 0.462. The van der Waals surface area contributed by atoms with E-state index in [0.29, 0.717) is 18.1 Å². The highest BCUT2D eigenvalue weighted by molar-refractivity contribution is 5.94. The van der Waals surface area contributed by atoms with Crippen molar-refractivity contribution in [2.24, 2.45) is 11.8 Å². The molecule has 0 aliphatic carbocycles. The van der Waals surface area contributed by atoms with Gasteiger partial charge in [-0.2, -0.15) is 0 Å². The second-order valence-electron chi connectivity index (χ2n) is 4.50. The van der Waals surface area contributed by atoms with Crippen LogP contribution >= 0.6 is 0 Å². The van der Waals surface area contributed by atoms with Crippen LogP contribution in [0.25, 0.3) is 0 Å². The first kappa shape index (κ1) is 14.5. The summed E-state index contributed by atoms with van der Waals surface area (Å²) in [4.78, 5) is 12.0. The van der Waals surface area contributed by atoms with E-state index < -0.39 is 0 Å². The third kappa shape index (κ3) is 4.01. The number of carbonyl (C=O) groups excluding carboxylic acids is 1. The van der Waals surface area contributed by atoms with Gasteiger partial charge in [-0.15, -0.1) is 0 Å². The van der Waals surface area contributed by atoms with Crippen molar-refractivity contribution in [3.63, 3.8) is 0 Å². The number of benzene rings is 1. The molecule has 0 fully saturated rings. The minimum absolute atomic E-state index is 0.00908. The molecular formula is C13H21N3O2. The molecule has 1 atom stereocenters. The van der Waals surface area contributed by atoms with Gasteiger partial charge in [0.1, 0.15) is 0 Å². The Balaban J connectivity index is 2.67. The van der Waals surface area contributed by atoms with Gasteiger partial charge in [-0.1, -0.05) is 13.8 Å². The molecule has 1 aromatic carbocycles. The van der Waals surface area contributed by atoms with E-state index in [2.05, 4.69) is 10.7 Å². The zero-order valence-corrected chi connectivity index (χ0v) is 11.1. The molecule has 0 aliphatic rings. The molecule has 0 bridgehead atoms. The molecule has 0 saturated carbocycles. The molecule has 1 rings (SSSR count). The van der Waals surface area contributed by atoms with Gasteiger partial charge in [0.2, 0.25) is 0 Å². The number of nitrogens with one attached hydrogen (secondary N) is 2. The minimum atomic E-state index is -0.102. The van der Waals surface area contributed by atoms with Gasteiger partial charge < -0.3 is 15.5 Å². The Morgan fingerprint density at radius 3 is 2.39 bits per heavy atom. The van der Waals surface area contributed by atoms with E-state index >= 15 is 0 Å². The van der Waals surface area contributed by atoms with Crippen molar-refractivity contribution >= 4 is 11.6 Å². The summed E-state index contributed by atoms with van der Waals surface area (Å²) in [7, 11) is 1.63. The molecular weight excluding hydrogens is 230 g/mol. The van der Waals surface area contributed by atoms with E-state index in [0.717, 1.165) is 5.69 Å². The highest BCUT2D eigenvalue weighted by Gasteiger charge is 2.16. The number of nitrogens with two attached hydrogens (primary N) is 1. The smallest absolute Gasteiger partial charge is 0.251 e. The number of hydrogen-bond donors (Lipinski definition) is 3. The molecule has 5 nitrogen and oxygen atoms in total. The Bertz CT molecular complexity index is 376. The normalized spacial score (nSPS) is 12.3. The van der Waals surface area contributed by atoms with Crippen molar-refractivity contribution in [1.29, 1.82) is 0 Å². The van der Waals surface area contributed by atoms with E-state index in [1.807, 2.05) is 13.8 Å². The largest absolute Gasteiger partial charge is 0.383 e. The van der Waals surface area contributed by atoms with Gasteiger partial charge in [0.05, 0.1) is 12.6 Å². The Morgan fingerprint density at radius 2 is 1.94 bits per heavy atom. The molecule has 0 radical (unpaired) electrons. The van der Waals surface area contributed by atoms with Crippen LogP contribution in [0, 0.1) is 5.92 Å². The van der Waals surface area contributed by atoms with Crippen LogP contribution in [0.4, 0.5) is 5.69 Å². The molecule has 1 unspecified atom stereocenters. The summed E-state index contributed by atoms with van der Waals surface area (Å²) < 4.78 is 5.10. The lowest BCUT2D eigenvalue weighted by atomic mass is 10.0. The standard InChI is InChI=1S/C13H21N3O2/c1-9(2)12(8-18-3)15-13(17)10-4-6-11(16-14)7-5-10/h4-7,9,12,16H,8,14H2,1-3H3,(H,15,17). The van der Waals surface area contributed by atoms with E-state index in [4.69, 9.17) is 10.6 Å². The molecule has 0 saturated heterocycles. The van der Waals surface area contributed by atoms with Gasteiger partial charge in [-0.25, -0.2) is 0 Å². The second kappa shape index (κ2) is 6.98. The van der Waals surface area contributed by atoms with Gasteiger partial charge >= 0.3 is 0 Å². The van der Waals surface area contributed by atoms with Crippen LogP contribution in [0.1, 0.15) is 24.2 Å². The number of ether oxygens (including phenoxy) is 1. The van der Waals surface area contributed by atoms with Gasteiger partial charge in [0.25, 0.3) is 5.91 Å². The Kier molecular flexibility index (Phi) is 5.61. The fourth-order valence-electron chi connectivity index (χ4n) is 1.55. The monoisotopic (exact) mass is 251 g/mol. The molecule has 18 heavy (non-hydrogen) atoms. The molecule has 0 aromatic heterocycles. The molecule has 1 aromatic rings. The Morgan fingerprint density at radius 1 is 1.33 bits per heavy atom. The Hall–Kier alpha value is -1.59. The number of carbonyl (C=O) groups is 1. The number of anilines is 1. The third-order valence-electron chi connectivity index (χ3n) is 2.78. The summed E-state index contributed by atoms with van der Waals surface area (Å²) in [5.74, 6) is 5.48. The van der Waals surface area contributed by atoms with Crippen molar-refractivity contribution in [2.45, 2.75) is 19.9 Å². The number of nitrogen functional groups attached to an aromatic ring is 1. The molecule has 0 spiro atoms. The maximum atomic E-state index is 12.0.